The summed E-state index contributed by atoms with van der Waals surface area (Å²) in [6.07, 6.45) is 3.49. The van der Waals surface area contributed by atoms with Crippen LogP contribution in [0.4, 0.5) is 0 Å². The molecule has 0 amide bonds. The lowest BCUT2D eigenvalue weighted by atomic mass is 10.2. The van der Waals surface area contributed by atoms with Crippen molar-refractivity contribution >= 4 is 28.6 Å². The molecule has 2 heterocycles. The molecule has 6 heteroatoms. The summed E-state index contributed by atoms with van der Waals surface area (Å²) >= 11 is 6.11. The Balaban J connectivity index is 2.32. The van der Waals surface area contributed by atoms with E-state index in [1.165, 1.54) is 6.20 Å². The Morgan fingerprint density at radius 1 is 1.59 bits per heavy atom. The van der Waals surface area contributed by atoms with Gasteiger partial charge in [0, 0.05) is 6.20 Å². The van der Waals surface area contributed by atoms with Crippen LogP contribution in [0.5, 0.6) is 0 Å². The number of carboxylic acids is 1. The molecule has 0 unspecified atom stereocenters. The number of aryl methyl sites for hydroxylation is 1. The second kappa shape index (κ2) is 3.43. The van der Waals surface area contributed by atoms with E-state index in [9.17, 15) is 4.79 Å². The molecule has 1 N–H and O–H groups in total. The zero-order valence-electron chi connectivity index (χ0n) is 9.14. The van der Waals surface area contributed by atoms with Gasteiger partial charge in [-0.3, -0.25) is 0 Å². The van der Waals surface area contributed by atoms with E-state index in [-0.39, 0.29) is 10.6 Å². The third-order valence-electron chi connectivity index (χ3n) is 2.96. The molecule has 5 nitrogen and oxygen atoms in total. The van der Waals surface area contributed by atoms with Gasteiger partial charge in [-0.2, -0.15) is 5.10 Å². The molecule has 1 aliphatic carbocycles. The Bertz CT molecular complexity index is 631. The predicted octanol–water partition coefficient (Wildman–Crippen LogP) is 2.43. The minimum atomic E-state index is -1.07. The van der Waals surface area contributed by atoms with Gasteiger partial charge in [0.15, 0.2) is 5.65 Å². The van der Waals surface area contributed by atoms with E-state index in [4.69, 9.17) is 16.7 Å². The second-order valence-electron chi connectivity index (χ2n) is 4.25. The third-order valence-corrected chi connectivity index (χ3v) is 3.35. The number of rotatable bonds is 2. The monoisotopic (exact) mass is 251 g/mol. The Morgan fingerprint density at radius 2 is 2.29 bits per heavy atom. The summed E-state index contributed by atoms with van der Waals surface area (Å²) in [6.45, 7) is 1.82. The number of fused-ring (bicyclic) bond motifs is 1. The molecule has 0 saturated heterocycles. The molecule has 0 aromatic carbocycles. The maximum absolute atomic E-state index is 11.0. The van der Waals surface area contributed by atoms with Crippen molar-refractivity contribution in [1.29, 1.82) is 0 Å². The highest BCUT2D eigenvalue weighted by Crippen LogP contribution is 2.38. The highest BCUT2D eigenvalue weighted by atomic mass is 35.5. The summed E-state index contributed by atoms with van der Waals surface area (Å²) in [5, 5.41) is 14.3. The molecule has 1 fully saturated rings. The second-order valence-corrected chi connectivity index (χ2v) is 4.63. The molecule has 3 rings (SSSR count). The first-order valence-corrected chi connectivity index (χ1v) is 5.74. The number of hydrogen-bond donors (Lipinski definition) is 1. The van der Waals surface area contributed by atoms with Crippen molar-refractivity contribution < 1.29 is 9.90 Å². The van der Waals surface area contributed by atoms with Gasteiger partial charge in [0.2, 0.25) is 0 Å². The van der Waals surface area contributed by atoms with Gasteiger partial charge in [-0.1, -0.05) is 11.6 Å². The van der Waals surface area contributed by atoms with Crippen LogP contribution >= 0.6 is 11.6 Å². The Labute approximate surface area is 102 Å². The van der Waals surface area contributed by atoms with E-state index in [1.807, 2.05) is 11.6 Å². The number of carbonyl (C=O) groups is 1. The number of pyridine rings is 1. The smallest absolute Gasteiger partial charge is 0.338 e. The number of halogens is 1. The van der Waals surface area contributed by atoms with Crippen LogP contribution in [0.1, 0.15) is 34.9 Å². The number of aromatic carboxylic acids is 1. The highest BCUT2D eigenvalue weighted by Gasteiger charge is 2.29. The molecular weight excluding hydrogens is 242 g/mol. The van der Waals surface area contributed by atoms with Crippen LogP contribution in [0.25, 0.3) is 11.0 Å². The van der Waals surface area contributed by atoms with Crippen molar-refractivity contribution in [1.82, 2.24) is 14.8 Å². The van der Waals surface area contributed by atoms with Crippen LogP contribution in [0.3, 0.4) is 0 Å². The minimum absolute atomic E-state index is 0.0256. The Morgan fingerprint density at radius 3 is 2.88 bits per heavy atom. The van der Waals surface area contributed by atoms with Gasteiger partial charge in [-0.15, -0.1) is 0 Å². The van der Waals surface area contributed by atoms with Gasteiger partial charge in [0.1, 0.15) is 0 Å². The lowest BCUT2D eigenvalue weighted by molar-refractivity contribution is 0.0697. The Hall–Kier alpha value is -1.62. The van der Waals surface area contributed by atoms with E-state index in [2.05, 4.69) is 10.1 Å². The van der Waals surface area contributed by atoms with Gasteiger partial charge < -0.3 is 5.11 Å². The van der Waals surface area contributed by atoms with Crippen molar-refractivity contribution in [2.75, 3.05) is 0 Å². The molecular formula is C11H10ClN3O2. The van der Waals surface area contributed by atoms with Gasteiger partial charge in [0.25, 0.3) is 0 Å². The fraction of sp³-hybridized carbons (Fsp3) is 0.364. The standard InChI is InChI=1S/C11H10ClN3O2/c1-5-8-9(12)7(11(16)17)4-13-10(8)15(14-5)6-2-3-6/h4,6H,2-3H2,1H3,(H,16,17). The summed E-state index contributed by atoms with van der Waals surface area (Å²) in [5.74, 6) is -1.07. The molecule has 1 saturated carbocycles. The van der Waals surface area contributed by atoms with Crippen LogP contribution in [0.2, 0.25) is 5.02 Å². The largest absolute Gasteiger partial charge is 0.478 e. The molecule has 0 radical (unpaired) electrons. The lowest BCUT2D eigenvalue weighted by Crippen LogP contribution is -2.01. The van der Waals surface area contributed by atoms with Crippen LogP contribution in [0, 0.1) is 6.92 Å². The molecule has 17 heavy (non-hydrogen) atoms. The van der Waals surface area contributed by atoms with Crippen molar-refractivity contribution in [2.24, 2.45) is 0 Å². The summed E-state index contributed by atoms with van der Waals surface area (Å²) in [7, 11) is 0. The van der Waals surface area contributed by atoms with Gasteiger partial charge >= 0.3 is 5.97 Å². The lowest BCUT2D eigenvalue weighted by Gasteiger charge is -2.02. The maximum Gasteiger partial charge on any atom is 0.338 e. The number of aromatic nitrogens is 3. The molecule has 0 aliphatic heterocycles. The van der Waals surface area contributed by atoms with Crippen molar-refractivity contribution in [3.05, 3.63) is 22.5 Å². The highest BCUT2D eigenvalue weighted by molar-refractivity contribution is 6.38. The average Bonchev–Trinajstić information content (AvgIpc) is 3.04. The summed E-state index contributed by atoms with van der Waals surface area (Å²) in [4.78, 5) is 15.2. The van der Waals surface area contributed by atoms with Crippen LogP contribution in [0.15, 0.2) is 6.20 Å². The zero-order valence-corrected chi connectivity index (χ0v) is 9.90. The van der Waals surface area contributed by atoms with Crippen molar-refractivity contribution in [2.45, 2.75) is 25.8 Å². The van der Waals surface area contributed by atoms with Gasteiger partial charge in [-0.25, -0.2) is 14.5 Å². The SMILES string of the molecule is Cc1nn(C2CC2)c2ncc(C(=O)O)c(Cl)c12. The molecule has 0 bridgehead atoms. The van der Waals surface area contributed by atoms with Gasteiger partial charge in [0.05, 0.1) is 27.7 Å². The number of carboxylic acid groups (broad SMARTS) is 1. The summed E-state index contributed by atoms with van der Waals surface area (Å²) in [5.41, 5.74) is 1.44. The molecule has 1 aliphatic rings. The van der Waals surface area contributed by atoms with Gasteiger partial charge in [-0.05, 0) is 19.8 Å². The first-order chi connectivity index (χ1) is 8.09. The van der Waals surface area contributed by atoms with E-state index >= 15 is 0 Å². The predicted molar refractivity (Wildman–Crippen MR) is 62.5 cm³/mol. The fourth-order valence-electron chi connectivity index (χ4n) is 1.96. The molecule has 2 aromatic rings. The Kier molecular flexibility index (Phi) is 2.13. The van der Waals surface area contributed by atoms with E-state index in [1.54, 1.807) is 0 Å². The minimum Gasteiger partial charge on any atom is -0.478 e. The molecule has 0 spiro atoms. The quantitative estimate of drug-likeness (QED) is 0.890. The average molecular weight is 252 g/mol. The fourth-order valence-corrected chi connectivity index (χ4v) is 2.31. The van der Waals surface area contributed by atoms with Crippen molar-refractivity contribution in [3.63, 3.8) is 0 Å². The van der Waals surface area contributed by atoms with Crippen molar-refractivity contribution in [3.8, 4) is 0 Å². The van der Waals surface area contributed by atoms with E-state index in [0.717, 1.165) is 18.5 Å². The molecule has 88 valence electrons. The first kappa shape index (κ1) is 10.5. The normalized spacial score (nSPS) is 15.4. The number of nitrogens with zero attached hydrogens (tertiary/aromatic N) is 3. The van der Waals surface area contributed by atoms with E-state index < -0.39 is 5.97 Å². The number of hydrogen-bond acceptors (Lipinski definition) is 3. The first-order valence-electron chi connectivity index (χ1n) is 5.36. The summed E-state index contributed by atoms with van der Waals surface area (Å²) in [6, 6.07) is 0.394. The zero-order chi connectivity index (χ0) is 12.2. The van der Waals surface area contributed by atoms with Crippen LogP contribution < -0.4 is 0 Å². The summed E-state index contributed by atoms with van der Waals surface area (Å²) < 4.78 is 1.85. The van der Waals surface area contributed by atoms with Crippen LogP contribution in [-0.2, 0) is 0 Å². The molecule has 0 atom stereocenters. The molecule has 2 aromatic heterocycles. The van der Waals surface area contributed by atoms with Crippen LogP contribution in [-0.4, -0.2) is 25.8 Å². The van der Waals surface area contributed by atoms with E-state index in [0.29, 0.717) is 17.1 Å². The topological polar surface area (TPSA) is 68.0 Å². The maximum atomic E-state index is 11.0. The third kappa shape index (κ3) is 1.50.